The van der Waals surface area contributed by atoms with Crippen LogP contribution in [-0.2, 0) is 19.1 Å². The zero-order chi connectivity index (χ0) is 11.8. The summed E-state index contributed by atoms with van der Waals surface area (Å²) in [6.07, 6.45) is 3.05. The van der Waals surface area contributed by atoms with E-state index in [0.29, 0.717) is 13.2 Å². The Labute approximate surface area is 95.7 Å². The van der Waals surface area contributed by atoms with E-state index in [4.69, 9.17) is 4.74 Å². The predicted molar refractivity (Wildman–Crippen MR) is 57.9 cm³/mol. The van der Waals surface area contributed by atoms with Gasteiger partial charge in [0.15, 0.2) is 0 Å². The largest absolute Gasteiger partial charge is 0.391 e. The van der Waals surface area contributed by atoms with Crippen LogP contribution in [0, 0.1) is 0 Å². The van der Waals surface area contributed by atoms with Crippen LogP contribution in [0.25, 0.3) is 0 Å². The number of unbranched alkanes of at least 4 members (excludes halogenated alkanes) is 1. The van der Waals surface area contributed by atoms with E-state index in [0.717, 1.165) is 25.9 Å². The molecular formula is C11H19NO4. The van der Waals surface area contributed by atoms with Crippen molar-refractivity contribution in [2.45, 2.75) is 26.2 Å². The van der Waals surface area contributed by atoms with Crippen LogP contribution in [0.1, 0.15) is 26.2 Å². The molecule has 0 atom stereocenters. The van der Waals surface area contributed by atoms with Gasteiger partial charge in [-0.2, -0.15) is 0 Å². The summed E-state index contributed by atoms with van der Waals surface area (Å²) in [5.41, 5.74) is 0. The molecule has 0 aromatic rings. The molecule has 1 aliphatic heterocycles. The van der Waals surface area contributed by atoms with Crippen molar-refractivity contribution < 1.29 is 19.1 Å². The second-order valence-electron chi connectivity index (χ2n) is 3.88. The zero-order valence-electron chi connectivity index (χ0n) is 9.74. The molecule has 0 aromatic heterocycles. The van der Waals surface area contributed by atoms with Crippen molar-refractivity contribution in [3.63, 3.8) is 0 Å². The lowest BCUT2D eigenvalue weighted by molar-refractivity contribution is -0.166. The minimum atomic E-state index is -0.455. The van der Waals surface area contributed by atoms with E-state index in [9.17, 15) is 9.59 Å². The smallest absolute Gasteiger partial charge is 0.327 e. The first kappa shape index (κ1) is 13.1. The Bertz CT molecular complexity index is 226. The van der Waals surface area contributed by atoms with E-state index in [1.165, 1.54) is 0 Å². The number of hydrogen-bond donors (Lipinski definition) is 0. The van der Waals surface area contributed by atoms with Gasteiger partial charge in [0.2, 0.25) is 0 Å². The topological polar surface area (TPSA) is 55.8 Å². The van der Waals surface area contributed by atoms with Crippen molar-refractivity contribution in [2.24, 2.45) is 0 Å². The highest BCUT2D eigenvalue weighted by molar-refractivity contribution is 5.90. The molecule has 1 rings (SSSR count). The monoisotopic (exact) mass is 229 g/mol. The van der Waals surface area contributed by atoms with Gasteiger partial charge in [0, 0.05) is 19.8 Å². The van der Waals surface area contributed by atoms with Gasteiger partial charge in [0.25, 0.3) is 0 Å². The number of esters is 2. The maximum Gasteiger partial charge on any atom is 0.327 e. The van der Waals surface area contributed by atoms with Crippen LogP contribution in [0.3, 0.4) is 0 Å². The molecule has 0 N–H and O–H groups in total. The first-order valence-corrected chi connectivity index (χ1v) is 5.76. The van der Waals surface area contributed by atoms with Crippen LogP contribution in [0.15, 0.2) is 0 Å². The molecule has 16 heavy (non-hydrogen) atoms. The van der Waals surface area contributed by atoms with E-state index >= 15 is 0 Å². The number of ether oxygens (including phenoxy) is 2. The zero-order valence-corrected chi connectivity index (χ0v) is 9.74. The van der Waals surface area contributed by atoms with Gasteiger partial charge < -0.3 is 9.47 Å². The summed E-state index contributed by atoms with van der Waals surface area (Å²) in [5, 5.41) is 0. The average Bonchev–Trinajstić information content (AvgIpc) is 2.22. The highest BCUT2D eigenvalue weighted by Gasteiger charge is 2.23. The van der Waals surface area contributed by atoms with Crippen LogP contribution < -0.4 is 0 Å². The lowest BCUT2D eigenvalue weighted by atomic mass is 10.3. The Balaban J connectivity index is 2.04. The number of carbonyl (C=O) groups is 2. The maximum absolute atomic E-state index is 10.9. The predicted octanol–water partition coefficient (Wildman–Crippen LogP) is 0.579. The number of hydrogen-bond acceptors (Lipinski definition) is 5. The Kier molecular flexibility index (Phi) is 6.03. The van der Waals surface area contributed by atoms with Gasteiger partial charge in [0.1, 0.15) is 0 Å². The van der Waals surface area contributed by atoms with E-state index in [1.54, 1.807) is 4.90 Å². The molecule has 0 unspecified atom stereocenters. The lowest BCUT2D eigenvalue weighted by Gasteiger charge is -2.23. The normalized spacial score (nSPS) is 17.6. The first-order valence-electron chi connectivity index (χ1n) is 5.76. The number of carbonyl (C=O) groups excluding carboxylic acids is 2. The summed E-state index contributed by atoms with van der Waals surface area (Å²) in [6.45, 7) is 4.71. The Morgan fingerprint density at radius 1 is 1.19 bits per heavy atom. The van der Waals surface area contributed by atoms with E-state index in [-0.39, 0.29) is 13.1 Å². The fourth-order valence-corrected chi connectivity index (χ4v) is 1.51. The molecule has 0 radical (unpaired) electrons. The summed E-state index contributed by atoms with van der Waals surface area (Å²) < 4.78 is 9.82. The first-order chi connectivity index (χ1) is 7.72. The SMILES string of the molecule is CCCCOCCCN1CC(=O)OC(=O)C1. The van der Waals surface area contributed by atoms with Gasteiger partial charge in [0.05, 0.1) is 13.1 Å². The van der Waals surface area contributed by atoms with Crippen LogP contribution in [-0.4, -0.2) is 49.7 Å². The molecule has 0 bridgehead atoms. The van der Waals surface area contributed by atoms with Crippen LogP contribution in [0.5, 0.6) is 0 Å². The third-order valence-electron chi connectivity index (χ3n) is 2.34. The minimum absolute atomic E-state index is 0.209. The van der Waals surface area contributed by atoms with Gasteiger partial charge in [-0.05, 0) is 12.8 Å². The molecule has 92 valence electrons. The molecule has 5 nitrogen and oxygen atoms in total. The summed E-state index contributed by atoms with van der Waals surface area (Å²) in [7, 11) is 0. The Hall–Kier alpha value is -0.940. The fourth-order valence-electron chi connectivity index (χ4n) is 1.51. The van der Waals surface area contributed by atoms with E-state index < -0.39 is 11.9 Å². The average molecular weight is 229 g/mol. The van der Waals surface area contributed by atoms with Crippen molar-refractivity contribution in [3.8, 4) is 0 Å². The quantitative estimate of drug-likeness (QED) is 0.363. The van der Waals surface area contributed by atoms with Crippen molar-refractivity contribution in [2.75, 3.05) is 32.8 Å². The third kappa shape index (κ3) is 5.23. The molecule has 0 aromatic carbocycles. The standard InChI is InChI=1S/C11H19NO4/c1-2-3-6-15-7-4-5-12-8-10(13)16-11(14)9-12/h2-9H2,1H3. The number of morpholine rings is 1. The highest BCUT2D eigenvalue weighted by Crippen LogP contribution is 2.01. The molecule has 1 fully saturated rings. The molecule has 1 saturated heterocycles. The summed E-state index contributed by atoms with van der Waals surface area (Å²) in [5.74, 6) is -0.911. The fraction of sp³-hybridized carbons (Fsp3) is 0.818. The van der Waals surface area contributed by atoms with E-state index in [2.05, 4.69) is 11.7 Å². The molecule has 0 aliphatic carbocycles. The number of cyclic esters (lactones) is 2. The lowest BCUT2D eigenvalue weighted by Crippen LogP contribution is -2.43. The number of nitrogens with zero attached hydrogens (tertiary/aromatic N) is 1. The van der Waals surface area contributed by atoms with Crippen molar-refractivity contribution >= 4 is 11.9 Å². The van der Waals surface area contributed by atoms with Gasteiger partial charge >= 0.3 is 11.9 Å². The van der Waals surface area contributed by atoms with Crippen LogP contribution in [0.2, 0.25) is 0 Å². The van der Waals surface area contributed by atoms with Crippen molar-refractivity contribution in [3.05, 3.63) is 0 Å². The molecular weight excluding hydrogens is 210 g/mol. The third-order valence-corrected chi connectivity index (χ3v) is 2.34. The summed E-state index contributed by atoms with van der Waals surface area (Å²) in [6, 6.07) is 0. The van der Waals surface area contributed by atoms with Crippen molar-refractivity contribution in [1.29, 1.82) is 0 Å². The van der Waals surface area contributed by atoms with Gasteiger partial charge in [-0.15, -0.1) is 0 Å². The Morgan fingerprint density at radius 3 is 2.44 bits per heavy atom. The molecule has 1 aliphatic rings. The van der Waals surface area contributed by atoms with Gasteiger partial charge in [-0.3, -0.25) is 14.5 Å². The maximum atomic E-state index is 10.9. The minimum Gasteiger partial charge on any atom is -0.391 e. The second-order valence-corrected chi connectivity index (χ2v) is 3.88. The summed E-state index contributed by atoms with van der Waals surface area (Å²) in [4.78, 5) is 23.7. The van der Waals surface area contributed by atoms with Crippen molar-refractivity contribution in [1.82, 2.24) is 4.90 Å². The van der Waals surface area contributed by atoms with Crippen LogP contribution in [0.4, 0.5) is 0 Å². The molecule has 0 spiro atoms. The van der Waals surface area contributed by atoms with Gasteiger partial charge in [-0.1, -0.05) is 13.3 Å². The molecule has 0 saturated carbocycles. The molecule has 5 heteroatoms. The Morgan fingerprint density at radius 2 is 1.81 bits per heavy atom. The molecule has 0 amide bonds. The van der Waals surface area contributed by atoms with Crippen LogP contribution >= 0.6 is 0 Å². The highest BCUT2D eigenvalue weighted by atomic mass is 16.6. The van der Waals surface area contributed by atoms with E-state index in [1.807, 2.05) is 0 Å². The summed E-state index contributed by atoms with van der Waals surface area (Å²) >= 11 is 0. The second kappa shape index (κ2) is 7.35. The number of rotatable bonds is 7. The van der Waals surface area contributed by atoms with Gasteiger partial charge in [-0.25, -0.2) is 0 Å². The molecule has 1 heterocycles.